The molecule has 1 aliphatic rings. The van der Waals surface area contributed by atoms with Gasteiger partial charge in [-0.1, -0.05) is 12.0 Å². The van der Waals surface area contributed by atoms with Crippen LogP contribution in [0.1, 0.15) is 30.9 Å². The Hall–Kier alpha value is -3.86. The van der Waals surface area contributed by atoms with Crippen molar-refractivity contribution >= 4 is 34.4 Å². The van der Waals surface area contributed by atoms with E-state index in [9.17, 15) is 9.59 Å². The fourth-order valence-electron chi connectivity index (χ4n) is 3.70. The molecule has 0 atom stereocenters. The van der Waals surface area contributed by atoms with Crippen molar-refractivity contribution in [1.82, 2.24) is 14.8 Å². The zero-order valence-corrected chi connectivity index (χ0v) is 18.4. The second-order valence-electron chi connectivity index (χ2n) is 8.00. The zero-order chi connectivity index (χ0) is 23.0. The van der Waals surface area contributed by atoms with Gasteiger partial charge in [-0.2, -0.15) is 0 Å². The van der Waals surface area contributed by atoms with Crippen LogP contribution in [-0.2, 0) is 16.6 Å². The van der Waals surface area contributed by atoms with Gasteiger partial charge in [-0.3, -0.25) is 19.2 Å². The molecule has 0 bridgehead atoms. The highest BCUT2D eigenvalue weighted by Crippen LogP contribution is 2.35. The number of rotatable bonds is 5. The Morgan fingerprint density at radius 2 is 1.94 bits per heavy atom. The minimum absolute atomic E-state index is 0.219. The number of benzene rings is 1. The number of aryl methyl sites for hydroxylation is 3. The molecule has 8 nitrogen and oxygen atoms in total. The Labute approximate surface area is 185 Å². The molecule has 0 radical (unpaired) electrons. The van der Waals surface area contributed by atoms with E-state index in [1.807, 2.05) is 38.1 Å². The molecule has 0 spiro atoms. The van der Waals surface area contributed by atoms with Crippen molar-refractivity contribution in [2.75, 3.05) is 4.90 Å². The summed E-state index contributed by atoms with van der Waals surface area (Å²) in [4.78, 5) is 30.2. The first-order valence-electron chi connectivity index (χ1n) is 10.4. The van der Waals surface area contributed by atoms with Gasteiger partial charge in [0.2, 0.25) is 0 Å². The van der Waals surface area contributed by atoms with Crippen molar-refractivity contribution in [3.63, 3.8) is 0 Å². The number of carbonyl (C=O) groups is 2. The number of hydrogen-bond acceptors (Lipinski definition) is 5. The monoisotopic (exact) mass is 432 g/mol. The highest BCUT2D eigenvalue weighted by atomic mass is 16.5. The Morgan fingerprint density at radius 3 is 2.59 bits per heavy atom. The zero-order valence-electron chi connectivity index (χ0n) is 18.4. The number of nitrogens with zero attached hydrogens (tertiary/aromatic N) is 4. The lowest BCUT2D eigenvalue weighted by atomic mass is 9.82. The SMILES string of the molecule is CC#CC(=O)N(c1ccc(C)c(C)c1)c1ccc2c(n1)c(OC1CC(C(=O)O)C1)nn2C. The van der Waals surface area contributed by atoms with Crippen LogP contribution in [0.4, 0.5) is 11.5 Å². The molecule has 8 heteroatoms. The number of ether oxygens (including phenoxy) is 1. The molecule has 1 N–H and O–H groups in total. The second-order valence-corrected chi connectivity index (χ2v) is 8.00. The van der Waals surface area contributed by atoms with E-state index >= 15 is 0 Å². The highest BCUT2D eigenvalue weighted by Gasteiger charge is 2.37. The molecular formula is C24H24N4O4. The van der Waals surface area contributed by atoms with Crippen molar-refractivity contribution in [2.45, 2.75) is 39.7 Å². The van der Waals surface area contributed by atoms with Gasteiger partial charge in [-0.15, -0.1) is 5.10 Å². The van der Waals surface area contributed by atoms with E-state index in [4.69, 9.17) is 14.8 Å². The van der Waals surface area contributed by atoms with Gasteiger partial charge in [0.15, 0.2) is 5.52 Å². The number of carboxylic acids is 1. The molecule has 164 valence electrons. The molecule has 32 heavy (non-hydrogen) atoms. The molecule has 4 rings (SSSR count). The molecule has 0 aliphatic heterocycles. The molecule has 0 saturated heterocycles. The average molecular weight is 432 g/mol. The van der Waals surface area contributed by atoms with Gasteiger partial charge >= 0.3 is 11.9 Å². The summed E-state index contributed by atoms with van der Waals surface area (Å²) in [5.74, 6) is 4.41. The molecule has 2 heterocycles. The van der Waals surface area contributed by atoms with E-state index in [1.165, 1.54) is 4.90 Å². The summed E-state index contributed by atoms with van der Waals surface area (Å²) >= 11 is 0. The summed E-state index contributed by atoms with van der Waals surface area (Å²) in [6.07, 6.45) is 0.655. The lowest BCUT2D eigenvalue weighted by Gasteiger charge is -2.31. The van der Waals surface area contributed by atoms with E-state index in [2.05, 4.69) is 16.9 Å². The van der Waals surface area contributed by atoms with Crippen LogP contribution >= 0.6 is 0 Å². The van der Waals surface area contributed by atoms with Gasteiger partial charge in [-0.25, -0.2) is 4.98 Å². The Bertz CT molecular complexity index is 1280. The summed E-state index contributed by atoms with van der Waals surface area (Å²) in [7, 11) is 1.78. The largest absolute Gasteiger partial charge is 0.481 e. The van der Waals surface area contributed by atoms with Gasteiger partial charge in [-0.05, 0) is 74.9 Å². The van der Waals surface area contributed by atoms with Crippen LogP contribution in [-0.4, -0.2) is 37.9 Å². The summed E-state index contributed by atoms with van der Waals surface area (Å²) in [6, 6.07) is 9.33. The summed E-state index contributed by atoms with van der Waals surface area (Å²) in [5.41, 5.74) is 4.09. The van der Waals surface area contributed by atoms with Crippen LogP contribution in [0.3, 0.4) is 0 Å². The lowest BCUT2D eigenvalue weighted by molar-refractivity contribution is -0.148. The molecule has 1 aromatic carbocycles. The first kappa shape index (κ1) is 21.4. The minimum Gasteiger partial charge on any atom is -0.481 e. The molecule has 1 amide bonds. The maximum Gasteiger partial charge on any atom is 0.308 e. The van der Waals surface area contributed by atoms with Crippen molar-refractivity contribution in [1.29, 1.82) is 0 Å². The molecule has 2 aromatic heterocycles. The number of carbonyl (C=O) groups excluding carboxylic acids is 1. The predicted octanol–water partition coefficient (Wildman–Crippen LogP) is 3.52. The molecule has 0 unspecified atom stereocenters. The van der Waals surface area contributed by atoms with Crippen LogP contribution in [0.5, 0.6) is 5.88 Å². The summed E-state index contributed by atoms with van der Waals surface area (Å²) < 4.78 is 7.61. The topological polar surface area (TPSA) is 97.6 Å². The van der Waals surface area contributed by atoms with Crippen molar-refractivity contribution in [3.8, 4) is 17.7 Å². The van der Waals surface area contributed by atoms with Gasteiger partial charge in [0.05, 0.1) is 17.1 Å². The molecule has 1 fully saturated rings. The fraction of sp³-hybridized carbons (Fsp3) is 0.333. The van der Waals surface area contributed by atoms with Gasteiger partial charge in [0, 0.05) is 7.05 Å². The predicted molar refractivity (Wildman–Crippen MR) is 120 cm³/mol. The number of anilines is 2. The standard InChI is InChI=1S/C24H24N4O4/c1-5-6-21(29)28(17-8-7-14(2)15(3)11-17)20-10-9-19-22(25-20)23(26-27(19)4)32-18-12-16(13-18)24(30)31/h7-11,16,18H,12-13H2,1-4H3,(H,30,31). The second kappa shape index (κ2) is 8.35. The van der Waals surface area contributed by atoms with E-state index in [0.717, 1.165) is 16.6 Å². The van der Waals surface area contributed by atoms with Crippen LogP contribution in [0.25, 0.3) is 11.0 Å². The van der Waals surface area contributed by atoms with Crippen LogP contribution in [0, 0.1) is 31.6 Å². The van der Waals surface area contributed by atoms with Gasteiger partial charge < -0.3 is 9.84 Å². The Kier molecular flexibility index (Phi) is 5.57. The van der Waals surface area contributed by atoms with E-state index < -0.39 is 11.9 Å². The van der Waals surface area contributed by atoms with E-state index in [0.29, 0.717) is 35.7 Å². The Morgan fingerprint density at radius 1 is 1.19 bits per heavy atom. The number of pyridine rings is 1. The molecule has 1 aliphatic carbocycles. The van der Waals surface area contributed by atoms with Crippen molar-refractivity contribution in [2.24, 2.45) is 13.0 Å². The van der Waals surface area contributed by atoms with Crippen molar-refractivity contribution in [3.05, 3.63) is 41.5 Å². The smallest absolute Gasteiger partial charge is 0.308 e. The summed E-state index contributed by atoms with van der Waals surface area (Å²) in [6.45, 7) is 5.61. The highest BCUT2D eigenvalue weighted by molar-refractivity contribution is 6.10. The lowest BCUT2D eigenvalue weighted by Crippen LogP contribution is -2.38. The maximum atomic E-state index is 12.9. The van der Waals surface area contributed by atoms with Crippen LogP contribution in [0.15, 0.2) is 30.3 Å². The first-order chi connectivity index (χ1) is 15.3. The number of amides is 1. The number of fused-ring (bicyclic) bond motifs is 1. The number of hydrogen-bond donors (Lipinski definition) is 1. The van der Waals surface area contributed by atoms with Crippen molar-refractivity contribution < 1.29 is 19.4 Å². The fourth-order valence-corrected chi connectivity index (χ4v) is 3.70. The Balaban J connectivity index is 1.74. The molecule has 3 aromatic rings. The number of aromatic nitrogens is 3. The first-order valence-corrected chi connectivity index (χ1v) is 10.4. The molecule has 1 saturated carbocycles. The molecular weight excluding hydrogens is 408 g/mol. The van der Waals surface area contributed by atoms with Gasteiger partial charge in [0.1, 0.15) is 11.9 Å². The average Bonchev–Trinajstić information content (AvgIpc) is 3.02. The third-order valence-electron chi connectivity index (χ3n) is 5.79. The third kappa shape index (κ3) is 3.89. The van der Waals surface area contributed by atoms with Crippen LogP contribution in [0.2, 0.25) is 0 Å². The quantitative estimate of drug-likeness (QED) is 0.620. The number of carboxylic acid groups (broad SMARTS) is 1. The van der Waals surface area contributed by atoms with E-state index in [1.54, 1.807) is 24.7 Å². The van der Waals surface area contributed by atoms with Gasteiger partial charge in [0.25, 0.3) is 5.88 Å². The van der Waals surface area contributed by atoms with E-state index in [-0.39, 0.29) is 12.0 Å². The third-order valence-corrected chi connectivity index (χ3v) is 5.79. The minimum atomic E-state index is -0.810. The maximum absolute atomic E-state index is 12.9. The van der Waals surface area contributed by atoms with Crippen LogP contribution < -0.4 is 9.64 Å². The normalized spacial score (nSPS) is 17.2. The number of aliphatic carboxylic acids is 1. The summed E-state index contributed by atoms with van der Waals surface area (Å²) in [5, 5.41) is 13.5.